The van der Waals surface area contributed by atoms with E-state index < -0.39 is 11.9 Å². The maximum Gasteiger partial charge on any atom is 0.358 e. The van der Waals surface area contributed by atoms with E-state index in [0.29, 0.717) is 5.69 Å². The number of aromatic nitrogens is 1. The molecule has 0 radical (unpaired) electrons. The molecule has 0 spiro atoms. The third-order valence-corrected chi connectivity index (χ3v) is 3.37. The van der Waals surface area contributed by atoms with E-state index in [0.717, 1.165) is 5.56 Å². The van der Waals surface area contributed by atoms with E-state index in [1.54, 1.807) is 11.6 Å². The lowest BCUT2D eigenvalue weighted by Gasteiger charge is -2.07. The summed E-state index contributed by atoms with van der Waals surface area (Å²) >= 11 is 0. The topological polar surface area (TPSA) is 66.8 Å². The summed E-state index contributed by atoms with van der Waals surface area (Å²) in [6, 6.07) is 9.22. The number of carbonyl (C=O) groups is 2. The van der Waals surface area contributed by atoms with E-state index in [1.807, 2.05) is 30.3 Å². The van der Waals surface area contributed by atoms with Gasteiger partial charge in [0.25, 0.3) is 0 Å². The monoisotopic (exact) mass is 303 g/mol. The van der Waals surface area contributed by atoms with Gasteiger partial charge in [0.15, 0.2) is 11.4 Å². The maximum atomic E-state index is 12.2. The third kappa shape index (κ3) is 2.43. The molecule has 0 saturated heterocycles. The van der Waals surface area contributed by atoms with Crippen molar-refractivity contribution in [2.24, 2.45) is 7.05 Å². The molecule has 116 valence electrons. The van der Waals surface area contributed by atoms with Gasteiger partial charge in [-0.05, 0) is 5.56 Å². The number of hydrogen-bond acceptors (Lipinski definition) is 5. The zero-order valence-corrected chi connectivity index (χ0v) is 12.9. The molecule has 0 amide bonds. The predicted molar refractivity (Wildman–Crippen MR) is 80.1 cm³/mol. The molecule has 1 aromatic heterocycles. The Kier molecular flexibility index (Phi) is 4.50. The fourth-order valence-corrected chi connectivity index (χ4v) is 2.41. The molecule has 0 fully saturated rings. The Morgan fingerprint density at radius 1 is 0.955 bits per heavy atom. The molecule has 0 unspecified atom stereocenters. The van der Waals surface area contributed by atoms with Crippen LogP contribution in [0.1, 0.15) is 20.8 Å². The van der Waals surface area contributed by atoms with Crippen molar-refractivity contribution in [2.75, 3.05) is 21.3 Å². The first-order chi connectivity index (χ1) is 10.6. The second kappa shape index (κ2) is 6.34. The lowest BCUT2D eigenvalue weighted by molar-refractivity contribution is 0.0586. The molecule has 0 aliphatic carbocycles. The average molecular weight is 303 g/mol. The van der Waals surface area contributed by atoms with Crippen LogP contribution in [0, 0.1) is 0 Å². The smallest absolute Gasteiger partial charge is 0.358 e. The molecule has 0 atom stereocenters. The first-order valence-electron chi connectivity index (χ1n) is 6.55. The van der Waals surface area contributed by atoms with Gasteiger partial charge in [-0.1, -0.05) is 30.3 Å². The van der Waals surface area contributed by atoms with Crippen molar-refractivity contribution in [3.05, 3.63) is 41.6 Å². The summed E-state index contributed by atoms with van der Waals surface area (Å²) in [5, 5.41) is 0. The van der Waals surface area contributed by atoms with E-state index in [9.17, 15) is 9.59 Å². The fraction of sp³-hybridized carbons (Fsp3) is 0.250. The van der Waals surface area contributed by atoms with Crippen molar-refractivity contribution in [1.82, 2.24) is 4.57 Å². The van der Waals surface area contributed by atoms with Crippen molar-refractivity contribution >= 4 is 11.9 Å². The Labute approximate surface area is 128 Å². The zero-order chi connectivity index (χ0) is 16.3. The van der Waals surface area contributed by atoms with Gasteiger partial charge in [0.1, 0.15) is 5.56 Å². The van der Waals surface area contributed by atoms with Gasteiger partial charge < -0.3 is 18.8 Å². The first kappa shape index (κ1) is 15.6. The molecule has 22 heavy (non-hydrogen) atoms. The molecule has 6 nitrogen and oxygen atoms in total. The highest BCUT2D eigenvalue weighted by atomic mass is 16.5. The van der Waals surface area contributed by atoms with Crippen LogP contribution in [0.15, 0.2) is 30.3 Å². The molecule has 6 heteroatoms. The van der Waals surface area contributed by atoms with E-state index in [-0.39, 0.29) is 17.0 Å². The molecule has 0 aliphatic rings. The number of carbonyl (C=O) groups excluding carboxylic acids is 2. The van der Waals surface area contributed by atoms with Crippen LogP contribution in [-0.4, -0.2) is 37.8 Å². The van der Waals surface area contributed by atoms with Crippen molar-refractivity contribution in [2.45, 2.75) is 0 Å². The molecule has 1 heterocycles. The third-order valence-electron chi connectivity index (χ3n) is 3.37. The van der Waals surface area contributed by atoms with Crippen LogP contribution in [0.25, 0.3) is 11.3 Å². The minimum atomic E-state index is -0.591. The minimum Gasteiger partial charge on any atom is -0.493 e. The van der Waals surface area contributed by atoms with E-state index in [2.05, 4.69) is 0 Å². The summed E-state index contributed by atoms with van der Waals surface area (Å²) in [7, 11) is 5.61. The summed E-state index contributed by atoms with van der Waals surface area (Å²) in [5.41, 5.74) is 1.65. The molecule has 0 saturated carbocycles. The maximum absolute atomic E-state index is 12.2. The second-order valence-electron chi connectivity index (χ2n) is 4.51. The normalized spacial score (nSPS) is 10.2. The number of nitrogens with zero attached hydrogens (tertiary/aromatic N) is 1. The zero-order valence-electron chi connectivity index (χ0n) is 12.9. The standard InChI is InChI=1S/C16H17NO5/c1-17-12(10-8-6-5-7-9-10)11(15(18)21-3)14(20-2)13(17)16(19)22-4/h5-9H,1-4H3. The van der Waals surface area contributed by atoms with Crippen LogP contribution in [0.2, 0.25) is 0 Å². The Balaban J connectivity index is 2.84. The highest BCUT2D eigenvalue weighted by Crippen LogP contribution is 2.37. The molecule has 0 bridgehead atoms. The summed E-state index contributed by atoms with van der Waals surface area (Å²) in [6.45, 7) is 0. The number of benzene rings is 1. The van der Waals surface area contributed by atoms with Crippen molar-refractivity contribution in [3.8, 4) is 17.0 Å². The fourth-order valence-electron chi connectivity index (χ4n) is 2.41. The largest absolute Gasteiger partial charge is 0.493 e. The molecule has 2 aromatic rings. The Morgan fingerprint density at radius 3 is 2.05 bits per heavy atom. The van der Waals surface area contributed by atoms with Gasteiger partial charge in [0, 0.05) is 7.05 Å². The summed E-state index contributed by atoms with van der Waals surface area (Å²) in [5.74, 6) is -1.03. The highest BCUT2D eigenvalue weighted by Gasteiger charge is 2.32. The van der Waals surface area contributed by atoms with Crippen LogP contribution >= 0.6 is 0 Å². The van der Waals surface area contributed by atoms with Crippen LogP contribution in [0.4, 0.5) is 0 Å². The molecular weight excluding hydrogens is 286 g/mol. The lowest BCUT2D eigenvalue weighted by Crippen LogP contribution is -2.09. The molecular formula is C16H17NO5. The number of rotatable bonds is 4. The van der Waals surface area contributed by atoms with Gasteiger partial charge in [0.2, 0.25) is 0 Å². The molecule has 0 N–H and O–H groups in total. The number of esters is 2. The predicted octanol–water partition coefficient (Wildman–Crippen LogP) is 2.27. The van der Waals surface area contributed by atoms with Gasteiger partial charge in [-0.3, -0.25) is 0 Å². The molecule has 2 rings (SSSR count). The van der Waals surface area contributed by atoms with Crippen LogP contribution in [-0.2, 0) is 16.5 Å². The van der Waals surface area contributed by atoms with Crippen molar-refractivity contribution in [3.63, 3.8) is 0 Å². The summed E-state index contributed by atoms with van der Waals surface area (Å²) in [4.78, 5) is 24.2. The van der Waals surface area contributed by atoms with E-state index >= 15 is 0 Å². The Hall–Kier alpha value is -2.76. The summed E-state index contributed by atoms with van der Waals surface area (Å²) in [6.07, 6.45) is 0. The highest BCUT2D eigenvalue weighted by molar-refractivity contribution is 6.05. The first-order valence-corrected chi connectivity index (χ1v) is 6.55. The van der Waals surface area contributed by atoms with E-state index in [4.69, 9.17) is 14.2 Å². The Bertz CT molecular complexity index is 703. The van der Waals surface area contributed by atoms with Crippen LogP contribution < -0.4 is 4.74 Å². The SMILES string of the molecule is COC(=O)c1c(OC)c(C(=O)OC)n(C)c1-c1ccccc1. The lowest BCUT2D eigenvalue weighted by atomic mass is 10.1. The molecule has 0 aliphatic heterocycles. The molecule has 1 aromatic carbocycles. The number of methoxy groups -OCH3 is 3. The van der Waals surface area contributed by atoms with Crippen LogP contribution in [0.3, 0.4) is 0 Å². The van der Waals surface area contributed by atoms with Gasteiger partial charge in [-0.25, -0.2) is 9.59 Å². The van der Waals surface area contributed by atoms with Gasteiger partial charge in [-0.15, -0.1) is 0 Å². The average Bonchev–Trinajstić information content (AvgIpc) is 2.86. The van der Waals surface area contributed by atoms with Gasteiger partial charge in [0.05, 0.1) is 27.0 Å². The van der Waals surface area contributed by atoms with E-state index in [1.165, 1.54) is 21.3 Å². The Morgan fingerprint density at radius 2 is 1.55 bits per heavy atom. The summed E-state index contributed by atoms with van der Waals surface area (Å²) < 4.78 is 16.5. The minimum absolute atomic E-state index is 0.139. The second-order valence-corrected chi connectivity index (χ2v) is 4.51. The van der Waals surface area contributed by atoms with Gasteiger partial charge >= 0.3 is 11.9 Å². The number of ether oxygens (including phenoxy) is 3. The van der Waals surface area contributed by atoms with Crippen LogP contribution in [0.5, 0.6) is 5.75 Å². The van der Waals surface area contributed by atoms with Gasteiger partial charge in [-0.2, -0.15) is 0 Å². The van der Waals surface area contributed by atoms with Crippen molar-refractivity contribution in [1.29, 1.82) is 0 Å². The quantitative estimate of drug-likeness (QED) is 0.811. The number of hydrogen-bond donors (Lipinski definition) is 0. The van der Waals surface area contributed by atoms with Crippen molar-refractivity contribution < 1.29 is 23.8 Å².